The molecule has 2 aliphatic rings. The van der Waals surface area contributed by atoms with Crippen molar-refractivity contribution in [2.75, 3.05) is 31.6 Å². The zero-order valence-corrected chi connectivity index (χ0v) is 14.5. The van der Waals surface area contributed by atoms with Crippen molar-refractivity contribution in [1.82, 2.24) is 4.90 Å². The number of anilines is 1. The minimum atomic E-state index is 0.138. The molecule has 1 atom stereocenters. The third kappa shape index (κ3) is 4.18. The topological polar surface area (TPSA) is 32.8 Å². The Labute approximate surface area is 143 Å². The number of carbonyl (C=O) groups is 1. The summed E-state index contributed by atoms with van der Waals surface area (Å²) in [7, 11) is 1.94. The lowest BCUT2D eigenvalue weighted by Gasteiger charge is -2.38. The molecule has 0 saturated carbocycles. The Balaban J connectivity index is 1.49. The molecule has 2 aliphatic heterocycles. The van der Waals surface area contributed by atoms with Crippen molar-refractivity contribution in [1.29, 1.82) is 0 Å². The number of ether oxygens (including phenoxy) is 1. The number of benzene rings is 1. The van der Waals surface area contributed by atoms with E-state index in [1.54, 1.807) is 0 Å². The van der Waals surface area contributed by atoms with Crippen LogP contribution in [0.15, 0.2) is 24.3 Å². The van der Waals surface area contributed by atoms with Gasteiger partial charge in [0.1, 0.15) is 0 Å². The summed E-state index contributed by atoms with van der Waals surface area (Å²) in [5.74, 6) is 0.224. The average Bonchev–Trinajstić information content (AvgIpc) is 3.08. The molecule has 2 fully saturated rings. The molecule has 3 rings (SSSR count). The third-order valence-corrected chi connectivity index (χ3v) is 5.28. The second-order valence-corrected chi connectivity index (χ2v) is 6.97. The maximum atomic E-state index is 12.4. The van der Waals surface area contributed by atoms with Crippen molar-refractivity contribution in [3.8, 4) is 0 Å². The Kier molecular flexibility index (Phi) is 5.44. The second kappa shape index (κ2) is 7.54. The lowest BCUT2D eigenvalue weighted by atomic mass is 10.0. The van der Waals surface area contributed by atoms with Gasteiger partial charge in [-0.3, -0.25) is 4.79 Å². The molecule has 0 bridgehead atoms. The van der Waals surface area contributed by atoms with E-state index in [1.165, 1.54) is 5.69 Å². The summed E-state index contributed by atoms with van der Waals surface area (Å²) in [5.41, 5.74) is 1.21. The summed E-state index contributed by atoms with van der Waals surface area (Å²) in [5, 5.41) is 0.767. The van der Waals surface area contributed by atoms with Crippen LogP contribution in [0.1, 0.15) is 32.1 Å². The van der Waals surface area contributed by atoms with E-state index in [9.17, 15) is 4.79 Å². The van der Waals surface area contributed by atoms with Gasteiger partial charge in [-0.05, 0) is 49.9 Å². The van der Waals surface area contributed by atoms with Crippen LogP contribution in [-0.2, 0) is 9.53 Å². The van der Waals surface area contributed by atoms with Gasteiger partial charge in [-0.1, -0.05) is 11.6 Å². The zero-order chi connectivity index (χ0) is 16.2. The normalized spacial score (nSPS) is 22.3. The molecule has 126 valence electrons. The Morgan fingerprint density at radius 2 is 1.96 bits per heavy atom. The van der Waals surface area contributed by atoms with Gasteiger partial charge in [0.05, 0.1) is 12.5 Å². The monoisotopic (exact) mass is 336 g/mol. The summed E-state index contributed by atoms with van der Waals surface area (Å²) >= 11 is 5.95. The first kappa shape index (κ1) is 16.6. The number of nitrogens with zero attached hydrogens (tertiary/aromatic N) is 2. The van der Waals surface area contributed by atoms with Gasteiger partial charge in [-0.25, -0.2) is 0 Å². The molecule has 0 aliphatic carbocycles. The van der Waals surface area contributed by atoms with Crippen LogP contribution < -0.4 is 4.90 Å². The molecule has 23 heavy (non-hydrogen) atoms. The highest BCUT2D eigenvalue weighted by Crippen LogP contribution is 2.24. The van der Waals surface area contributed by atoms with Gasteiger partial charge in [0.2, 0.25) is 5.91 Å². The Hall–Kier alpha value is -1.26. The van der Waals surface area contributed by atoms with Crippen LogP contribution in [0.4, 0.5) is 5.69 Å². The lowest BCUT2D eigenvalue weighted by molar-refractivity contribution is -0.134. The summed E-state index contributed by atoms with van der Waals surface area (Å²) in [6.45, 7) is 2.76. The summed E-state index contributed by atoms with van der Waals surface area (Å²) in [6.07, 6.45) is 4.80. The molecule has 2 heterocycles. The SMILES string of the molecule is CN(C(=O)CC1CCCO1)C1CCN(c2ccc(Cl)cc2)CC1. The van der Waals surface area contributed by atoms with Crippen LogP contribution in [0.3, 0.4) is 0 Å². The Bertz CT molecular complexity index is 520. The van der Waals surface area contributed by atoms with E-state index in [1.807, 2.05) is 24.1 Å². The van der Waals surface area contributed by atoms with Crippen molar-refractivity contribution in [3.05, 3.63) is 29.3 Å². The molecule has 0 N–H and O–H groups in total. The molecule has 1 unspecified atom stereocenters. The van der Waals surface area contributed by atoms with Crippen molar-refractivity contribution in [3.63, 3.8) is 0 Å². The lowest BCUT2D eigenvalue weighted by Crippen LogP contribution is -2.46. The zero-order valence-electron chi connectivity index (χ0n) is 13.7. The molecule has 0 radical (unpaired) electrons. The van der Waals surface area contributed by atoms with E-state index >= 15 is 0 Å². The van der Waals surface area contributed by atoms with Crippen molar-refractivity contribution < 1.29 is 9.53 Å². The molecular weight excluding hydrogens is 312 g/mol. The summed E-state index contributed by atoms with van der Waals surface area (Å²) in [6, 6.07) is 8.33. The van der Waals surface area contributed by atoms with E-state index in [4.69, 9.17) is 16.3 Å². The summed E-state index contributed by atoms with van der Waals surface area (Å²) in [4.78, 5) is 16.7. The molecule has 1 aromatic carbocycles. The Morgan fingerprint density at radius 1 is 1.26 bits per heavy atom. The first-order valence-electron chi connectivity index (χ1n) is 8.51. The van der Waals surface area contributed by atoms with Crippen LogP contribution in [-0.4, -0.2) is 49.7 Å². The molecule has 4 nitrogen and oxygen atoms in total. The molecule has 0 spiro atoms. The summed E-state index contributed by atoms with van der Waals surface area (Å²) < 4.78 is 5.58. The van der Waals surface area contributed by atoms with Crippen LogP contribution >= 0.6 is 11.6 Å². The number of halogens is 1. The maximum Gasteiger partial charge on any atom is 0.225 e. The minimum Gasteiger partial charge on any atom is -0.378 e. The largest absolute Gasteiger partial charge is 0.378 e. The molecular formula is C18H25ClN2O2. The highest BCUT2D eigenvalue weighted by atomic mass is 35.5. The quantitative estimate of drug-likeness (QED) is 0.845. The van der Waals surface area contributed by atoms with Crippen LogP contribution in [0, 0.1) is 0 Å². The predicted octanol–water partition coefficient (Wildman–Crippen LogP) is 3.34. The van der Waals surface area contributed by atoms with Crippen molar-refractivity contribution in [2.45, 2.75) is 44.2 Å². The first-order valence-corrected chi connectivity index (χ1v) is 8.89. The van der Waals surface area contributed by atoms with E-state index in [0.717, 1.165) is 50.4 Å². The van der Waals surface area contributed by atoms with Gasteiger partial charge >= 0.3 is 0 Å². The predicted molar refractivity (Wildman–Crippen MR) is 93.0 cm³/mol. The van der Waals surface area contributed by atoms with Gasteiger partial charge in [-0.15, -0.1) is 0 Å². The van der Waals surface area contributed by atoms with Crippen LogP contribution in [0.25, 0.3) is 0 Å². The van der Waals surface area contributed by atoms with E-state index < -0.39 is 0 Å². The highest BCUT2D eigenvalue weighted by molar-refractivity contribution is 6.30. The first-order chi connectivity index (χ1) is 11.1. The number of hydrogen-bond acceptors (Lipinski definition) is 3. The molecule has 1 amide bonds. The van der Waals surface area contributed by atoms with Crippen LogP contribution in [0.5, 0.6) is 0 Å². The van der Waals surface area contributed by atoms with Gasteiger partial charge < -0.3 is 14.5 Å². The van der Waals surface area contributed by atoms with Crippen molar-refractivity contribution >= 4 is 23.2 Å². The van der Waals surface area contributed by atoms with Crippen molar-refractivity contribution in [2.24, 2.45) is 0 Å². The van der Waals surface area contributed by atoms with Crippen LogP contribution in [0.2, 0.25) is 5.02 Å². The fourth-order valence-electron chi connectivity index (χ4n) is 3.51. The van der Waals surface area contributed by atoms with Gasteiger partial charge in [-0.2, -0.15) is 0 Å². The Morgan fingerprint density at radius 3 is 2.57 bits per heavy atom. The minimum absolute atomic E-state index is 0.138. The number of rotatable bonds is 4. The standard InChI is InChI=1S/C18H25ClN2O2/c1-20(18(22)13-17-3-2-12-23-17)15-8-10-21(11-9-15)16-6-4-14(19)5-7-16/h4-7,15,17H,2-3,8-13H2,1H3. The highest BCUT2D eigenvalue weighted by Gasteiger charge is 2.28. The smallest absolute Gasteiger partial charge is 0.225 e. The fraction of sp³-hybridized carbons (Fsp3) is 0.611. The van der Waals surface area contributed by atoms with E-state index in [0.29, 0.717) is 12.5 Å². The second-order valence-electron chi connectivity index (χ2n) is 6.54. The number of hydrogen-bond donors (Lipinski definition) is 0. The fourth-order valence-corrected chi connectivity index (χ4v) is 3.64. The molecule has 5 heteroatoms. The van der Waals surface area contributed by atoms with E-state index in [-0.39, 0.29) is 12.0 Å². The van der Waals surface area contributed by atoms with Gasteiger partial charge in [0.25, 0.3) is 0 Å². The van der Waals surface area contributed by atoms with Gasteiger partial charge in [0.15, 0.2) is 0 Å². The molecule has 1 aromatic rings. The molecule has 2 saturated heterocycles. The molecule has 0 aromatic heterocycles. The number of piperidine rings is 1. The average molecular weight is 337 g/mol. The van der Waals surface area contributed by atoms with E-state index in [2.05, 4.69) is 17.0 Å². The maximum absolute atomic E-state index is 12.4. The number of amides is 1. The third-order valence-electron chi connectivity index (χ3n) is 5.02. The van der Waals surface area contributed by atoms with Gasteiger partial charge in [0, 0.05) is 43.5 Å². The number of carbonyl (C=O) groups excluding carboxylic acids is 1.